The fourth-order valence-electron chi connectivity index (χ4n) is 2.71. The highest BCUT2D eigenvalue weighted by atomic mass is 16.5. The van der Waals surface area contributed by atoms with Crippen LogP contribution in [-0.2, 0) is 25.6 Å². The Morgan fingerprint density at radius 1 is 1.30 bits per heavy atom. The number of ether oxygens (including phenoxy) is 2. The molecule has 1 atom stereocenters. The van der Waals surface area contributed by atoms with Gasteiger partial charge in [0.05, 0.1) is 12.7 Å². The maximum absolute atomic E-state index is 12.5. The number of carbonyl (C=O) groups excluding carboxylic acids is 2. The van der Waals surface area contributed by atoms with Crippen molar-refractivity contribution in [1.82, 2.24) is 4.90 Å². The summed E-state index contributed by atoms with van der Waals surface area (Å²) in [6.45, 7) is 3.29. The van der Waals surface area contributed by atoms with E-state index in [4.69, 9.17) is 9.47 Å². The molecular weight excluding hydrogens is 294 g/mol. The number of amides is 1. The molecule has 0 aliphatic carbocycles. The van der Waals surface area contributed by atoms with Gasteiger partial charge in [0.25, 0.3) is 0 Å². The molecule has 1 aliphatic heterocycles. The Kier molecular flexibility index (Phi) is 7.07. The highest BCUT2D eigenvalue weighted by Crippen LogP contribution is 2.18. The molecule has 23 heavy (non-hydrogen) atoms. The van der Waals surface area contributed by atoms with Crippen molar-refractivity contribution in [2.75, 3.05) is 19.8 Å². The number of nitrogens with zero attached hydrogens (tertiary/aromatic N) is 1. The van der Waals surface area contributed by atoms with E-state index in [1.165, 1.54) is 0 Å². The molecule has 1 aromatic rings. The summed E-state index contributed by atoms with van der Waals surface area (Å²) in [6.07, 6.45) is 3.38. The van der Waals surface area contributed by atoms with Crippen molar-refractivity contribution in [2.24, 2.45) is 0 Å². The summed E-state index contributed by atoms with van der Waals surface area (Å²) < 4.78 is 10.5. The van der Waals surface area contributed by atoms with E-state index >= 15 is 0 Å². The van der Waals surface area contributed by atoms with Crippen LogP contribution in [-0.4, -0.2) is 42.6 Å². The third-order valence-electron chi connectivity index (χ3n) is 3.90. The molecule has 1 unspecified atom stereocenters. The highest BCUT2D eigenvalue weighted by Gasteiger charge is 2.21. The smallest absolute Gasteiger partial charge is 0.325 e. The second kappa shape index (κ2) is 9.30. The second-order valence-electron chi connectivity index (χ2n) is 5.71. The van der Waals surface area contributed by atoms with Crippen LogP contribution in [0.25, 0.3) is 0 Å². The molecule has 0 radical (unpaired) electrons. The minimum atomic E-state index is -0.367. The fourth-order valence-corrected chi connectivity index (χ4v) is 2.71. The maximum Gasteiger partial charge on any atom is 0.325 e. The topological polar surface area (TPSA) is 55.8 Å². The minimum absolute atomic E-state index is 0.00685. The Balaban J connectivity index is 1.93. The lowest BCUT2D eigenvalue weighted by atomic mass is 10.1. The molecule has 126 valence electrons. The number of esters is 1. The van der Waals surface area contributed by atoms with Gasteiger partial charge in [0.15, 0.2) is 0 Å². The zero-order valence-corrected chi connectivity index (χ0v) is 13.7. The Labute approximate surface area is 137 Å². The summed E-state index contributed by atoms with van der Waals surface area (Å²) in [7, 11) is 0. The predicted octanol–water partition coefficient (Wildman–Crippen LogP) is 2.54. The molecule has 0 aromatic heterocycles. The number of hydrogen-bond donors (Lipinski definition) is 0. The van der Waals surface area contributed by atoms with Crippen molar-refractivity contribution in [3.63, 3.8) is 0 Å². The third kappa shape index (κ3) is 6.02. The first kappa shape index (κ1) is 17.5. The van der Waals surface area contributed by atoms with Crippen molar-refractivity contribution in [1.29, 1.82) is 0 Å². The number of rotatable bonds is 8. The molecule has 1 heterocycles. The van der Waals surface area contributed by atoms with E-state index in [2.05, 4.69) is 0 Å². The van der Waals surface area contributed by atoms with Gasteiger partial charge in [-0.1, -0.05) is 30.3 Å². The van der Waals surface area contributed by atoms with Gasteiger partial charge in [-0.3, -0.25) is 9.59 Å². The summed E-state index contributed by atoms with van der Waals surface area (Å²) in [5.74, 6) is -0.397. The standard InChI is InChI=1S/C18H25NO4/c1-2-22-18(21)14-19(13-15-7-4-3-5-8-15)17(20)11-10-16-9-6-12-23-16/h3-5,7-8,16H,2,6,9-14H2,1H3. The molecule has 0 N–H and O–H groups in total. The van der Waals surface area contributed by atoms with Crippen LogP contribution in [0.1, 0.15) is 38.2 Å². The van der Waals surface area contributed by atoms with E-state index in [9.17, 15) is 9.59 Å². The SMILES string of the molecule is CCOC(=O)CN(Cc1ccccc1)C(=O)CCC1CCCO1. The van der Waals surface area contributed by atoms with Crippen LogP contribution in [0.2, 0.25) is 0 Å². The Bertz CT molecular complexity index is 497. The van der Waals surface area contributed by atoms with Gasteiger partial charge in [-0.15, -0.1) is 0 Å². The Morgan fingerprint density at radius 3 is 2.74 bits per heavy atom. The highest BCUT2D eigenvalue weighted by molar-refractivity contribution is 5.82. The monoisotopic (exact) mass is 319 g/mol. The molecule has 0 bridgehead atoms. The van der Waals surface area contributed by atoms with Gasteiger partial charge in [0.2, 0.25) is 5.91 Å². The average Bonchev–Trinajstić information content (AvgIpc) is 3.06. The molecule has 1 fully saturated rings. The Hall–Kier alpha value is -1.88. The lowest BCUT2D eigenvalue weighted by Gasteiger charge is -2.22. The largest absolute Gasteiger partial charge is 0.465 e. The van der Waals surface area contributed by atoms with E-state index in [1.54, 1.807) is 11.8 Å². The Morgan fingerprint density at radius 2 is 2.09 bits per heavy atom. The van der Waals surface area contributed by atoms with Gasteiger partial charge in [-0.2, -0.15) is 0 Å². The zero-order valence-electron chi connectivity index (χ0n) is 13.7. The van der Waals surface area contributed by atoms with E-state index in [-0.39, 0.29) is 24.5 Å². The molecule has 5 nitrogen and oxygen atoms in total. The van der Waals surface area contributed by atoms with Crippen LogP contribution >= 0.6 is 0 Å². The summed E-state index contributed by atoms with van der Waals surface area (Å²) in [5.41, 5.74) is 1.00. The van der Waals surface area contributed by atoms with Crippen LogP contribution in [0.5, 0.6) is 0 Å². The van der Waals surface area contributed by atoms with Crippen LogP contribution in [0.15, 0.2) is 30.3 Å². The molecule has 1 aromatic carbocycles. The van der Waals surface area contributed by atoms with Gasteiger partial charge in [0, 0.05) is 19.6 Å². The van der Waals surface area contributed by atoms with Gasteiger partial charge in [-0.05, 0) is 31.7 Å². The van der Waals surface area contributed by atoms with Crippen molar-refractivity contribution in [2.45, 2.75) is 45.3 Å². The number of benzene rings is 1. The van der Waals surface area contributed by atoms with Crippen molar-refractivity contribution < 1.29 is 19.1 Å². The molecule has 0 spiro atoms. The molecule has 5 heteroatoms. The lowest BCUT2D eigenvalue weighted by molar-refractivity contribution is -0.149. The summed E-state index contributed by atoms with van der Waals surface area (Å²) in [4.78, 5) is 25.8. The van der Waals surface area contributed by atoms with E-state index in [1.807, 2.05) is 30.3 Å². The normalized spacial score (nSPS) is 17.0. The average molecular weight is 319 g/mol. The lowest BCUT2D eigenvalue weighted by Crippen LogP contribution is -2.36. The minimum Gasteiger partial charge on any atom is -0.465 e. The zero-order chi connectivity index (χ0) is 16.5. The maximum atomic E-state index is 12.5. The molecule has 1 aliphatic rings. The first-order chi connectivity index (χ1) is 11.2. The summed E-state index contributed by atoms with van der Waals surface area (Å²) in [6, 6.07) is 9.68. The molecule has 1 saturated heterocycles. The summed E-state index contributed by atoms with van der Waals surface area (Å²) >= 11 is 0. The quantitative estimate of drug-likeness (QED) is 0.691. The number of hydrogen-bond acceptors (Lipinski definition) is 4. The molecule has 1 amide bonds. The van der Waals surface area contributed by atoms with Gasteiger partial charge >= 0.3 is 5.97 Å². The van der Waals surface area contributed by atoms with Gasteiger partial charge < -0.3 is 14.4 Å². The van der Waals surface area contributed by atoms with Crippen molar-refractivity contribution >= 4 is 11.9 Å². The molecule has 2 rings (SSSR count). The van der Waals surface area contributed by atoms with Crippen molar-refractivity contribution in [3.05, 3.63) is 35.9 Å². The van der Waals surface area contributed by atoms with E-state index in [0.29, 0.717) is 26.0 Å². The molecular formula is C18H25NO4. The van der Waals surface area contributed by atoms with Crippen LogP contribution in [0.3, 0.4) is 0 Å². The van der Waals surface area contributed by atoms with E-state index in [0.717, 1.165) is 25.0 Å². The van der Waals surface area contributed by atoms with Crippen molar-refractivity contribution in [3.8, 4) is 0 Å². The fraction of sp³-hybridized carbons (Fsp3) is 0.556. The number of carbonyl (C=O) groups is 2. The van der Waals surface area contributed by atoms with Gasteiger partial charge in [0.1, 0.15) is 6.54 Å². The molecule has 0 saturated carbocycles. The third-order valence-corrected chi connectivity index (χ3v) is 3.90. The van der Waals surface area contributed by atoms with Crippen LogP contribution in [0, 0.1) is 0 Å². The first-order valence-electron chi connectivity index (χ1n) is 8.28. The van der Waals surface area contributed by atoms with Gasteiger partial charge in [-0.25, -0.2) is 0 Å². The van der Waals surface area contributed by atoms with Crippen LogP contribution in [0.4, 0.5) is 0 Å². The summed E-state index contributed by atoms with van der Waals surface area (Å²) in [5, 5.41) is 0. The predicted molar refractivity (Wildman–Crippen MR) is 86.7 cm³/mol. The first-order valence-corrected chi connectivity index (χ1v) is 8.28. The van der Waals surface area contributed by atoms with Crippen LogP contribution < -0.4 is 0 Å². The second-order valence-corrected chi connectivity index (χ2v) is 5.71. The van der Waals surface area contributed by atoms with E-state index < -0.39 is 0 Å².